The molecule has 3 aliphatic rings. The summed E-state index contributed by atoms with van der Waals surface area (Å²) in [6.07, 6.45) is -1.04. The quantitative estimate of drug-likeness (QED) is 0.137. The van der Waals surface area contributed by atoms with Crippen LogP contribution in [-0.4, -0.2) is 62.0 Å². The molecule has 9 nitrogen and oxygen atoms in total. The SMILES string of the molecule is C[C@H]1[C@H]([Si](C)(C)F)[C@@H](CC(=O)N(CCO)Cc2ccccc2)O[C@]12C(=O)N(Cc1cccc(N3C(=O)COc4ccccc43)c1)c1ccc(Cl)cc12. The minimum atomic E-state index is -3.56. The van der Waals surface area contributed by atoms with Gasteiger partial charge in [0.25, 0.3) is 11.8 Å². The maximum Gasteiger partial charge on any atom is 0.269 e. The van der Waals surface area contributed by atoms with Gasteiger partial charge in [0.1, 0.15) is 5.75 Å². The van der Waals surface area contributed by atoms with Crippen LogP contribution in [0.3, 0.4) is 0 Å². The number of para-hydroxylation sites is 2. The van der Waals surface area contributed by atoms with Gasteiger partial charge in [-0.25, -0.2) is 0 Å². The zero-order chi connectivity index (χ0) is 36.8. The lowest BCUT2D eigenvalue weighted by Crippen LogP contribution is -2.45. The molecule has 52 heavy (non-hydrogen) atoms. The number of amides is 3. The Kier molecular flexibility index (Phi) is 9.72. The van der Waals surface area contributed by atoms with E-state index in [1.165, 1.54) is 0 Å². The van der Waals surface area contributed by atoms with E-state index in [1.807, 2.05) is 85.8 Å². The maximum absolute atomic E-state index is 16.5. The lowest BCUT2D eigenvalue weighted by atomic mass is 9.82. The largest absolute Gasteiger partial charge is 0.482 e. The van der Waals surface area contributed by atoms with E-state index in [2.05, 4.69) is 0 Å². The molecule has 12 heteroatoms. The molecule has 4 aromatic carbocycles. The lowest BCUT2D eigenvalue weighted by Gasteiger charge is -2.31. The Morgan fingerprint density at radius 3 is 2.46 bits per heavy atom. The molecule has 1 N–H and O–H groups in total. The molecule has 3 heterocycles. The van der Waals surface area contributed by atoms with Crippen molar-refractivity contribution in [2.24, 2.45) is 5.92 Å². The Morgan fingerprint density at radius 1 is 0.981 bits per heavy atom. The molecule has 1 saturated heterocycles. The molecule has 0 unspecified atom stereocenters. The summed E-state index contributed by atoms with van der Waals surface area (Å²) in [7, 11) is -3.56. The van der Waals surface area contributed by atoms with Crippen molar-refractivity contribution in [2.45, 2.75) is 56.8 Å². The molecule has 0 bridgehead atoms. The number of nitrogens with zero attached hydrogens (tertiary/aromatic N) is 3. The summed E-state index contributed by atoms with van der Waals surface area (Å²) in [6, 6.07) is 29.4. The molecule has 7 rings (SSSR count). The van der Waals surface area contributed by atoms with Gasteiger partial charge in [0.05, 0.1) is 37.1 Å². The van der Waals surface area contributed by atoms with Gasteiger partial charge in [0.2, 0.25) is 14.3 Å². The first-order valence-electron chi connectivity index (χ1n) is 17.5. The molecule has 270 valence electrons. The summed E-state index contributed by atoms with van der Waals surface area (Å²) in [4.78, 5) is 46.7. The zero-order valence-electron chi connectivity index (χ0n) is 29.3. The number of fused-ring (bicyclic) bond motifs is 3. The highest BCUT2D eigenvalue weighted by Gasteiger charge is 2.67. The van der Waals surface area contributed by atoms with E-state index >= 15 is 4.11 Å². The maximum atomic E-state index is 16.5. The van der Waals surface area contributed by atoms with Crippen LogP contribution in [0.15, 0.2) is 97.1 Å². The summed E-state index contributed by atoms with van der Waals surface area (Å²) in [5.74, 6) is -0.888. The van der Waals surface area contributed by atoms with Crippen molar-refractivity contribution in [3.05, 3.63) is 119 Å². The van der Waals surface area contributed by atoms with E-state index in [0.29, 0.717) is 33.4 Å². The van der Waals surface area contributed by atoms with E-state index in [0.717, 1.165) is 11.1 Å². The number of benzene rings is 4. The van der Waals surface area contributed by atoms with Crippen molar-refractivity contribution in [1.29, 1.82) is 0 Å². The van der Waals surface area contributed by atoms with E-state index in [4.69, 9.17) is 21.1 Å². The summed E-state index contributed by atoms with van der Waals surface area (Å²) in [5, 5.41) is 10.2. The van der Waals surface area contributed by atoms with Gasteiger partial charge in [0, 0.05) is 40.8 Å². The van der Waals surface area contributed by atoms with Crippen LogP contribution >= 0.6 is 11.6 Å². The lowest BCUT2D eigenvalue weighted by molar-refractivity contribution is -0.150. The number of anilines is 3. The van der Waals surface area contributed by atoms with Crippen LogP contribution in [-0.2, 0) is 37.8 Å². The molecule has 1 spiro atoms. The second kappa shape index (κ2) is 14.1. The Hall–Kier alpha value is -4.55. The highest BCUT2D eigenvalue weighted by atomic mass is 35.5. The second-order valence-electron chi connectivity index (χ2n) is 14.2. The van der Waals surface area contributed by atoms with Crippen LogP contribution < -0.4 is 14.5 Å². The number of halogens is 2. The minimum absolute atomic E-state index is 0.0964. The van der Waals surface area contributed by atoms with Crippen molar-refractivity contribution >= 4 is 54.8 Å². The molecule has 3 aliphatic heterocycles. The second-order valence-corrected chi connectivity index (χ2v) is 18.4. The molecule has 4 aromatic rings. The number of aliphatic hydroxyl groups excluding tert-OH is 1. The van der Waals surface area contributed by atoms with Gasteiger partial charge in [-0.1, -0.05) is 73.1 Å². The summed E-state index contributed by atoms with van der Waals surface area (Å²) < 4.78 is 28.9. The van der Waals surface area contributed by atoms with Crippen LogP contribution in [0.4, 0.5) is 21.2 Å². The highest BCUT2D eigenvalue weighted by Crippen LogP contribution is 2.60. The fourth-order valence-corrected chi connectivity index (χ4v) is 10.9. The first kappa shape index (κ1) is 35.8. The number of ether oxygens (including phenoxy) is 2. The molecule has 3 amide bonds. The molecule has 0 aliphatic carbocycles. The van der Waals surface area contributed by atoms with E-state index in [1.54, 1.807) is 46.0 Å². The van der Waals surface area contributed by atoms with Crippen molar-refractivity contribution in [2.75, 3.05) is 29.6 Å². The number of carbonyl (C=O) groups is 3. The normalized spacial score (nSPS) is 22.4. The Balaban J connectivity index is 1.21. The third-order valence-corrected chi connectivity index (χ3v) is 13.1. The number of hydrogen-bond acceptors (Lipinski definition) is 6. The number of carbonyl (C=O) groups excluding carboxylic acids is 3. The Labute approximate surface area is 308 Å². The van der Waals surface area contributed by atoms with Gasteiger partial charge in [0.15, 0.2) is 12.2 Å². The number of rotatable bonds is 10. The van der Waals surface area contributed by atoms with Crippen LogP contribution in [0.2, 0.25) is 23.7 Å². The van der Waals surface area contributed by atoms with Crippen LogP contribution in [0, 0.1) is 5.92 Å². The van der Waals surface area contributed by atoms with Gasteiger partial charge < -0.3 is 28.5 Å². The fraction of sp³-hybridized carbons (Fsp3) is 0.325. The van der Waals surface area contributed by atoms with Crippen molar-refractivity contribution < 1.29 is 33.1 Å². The molecular weight excluding hydrogens is 701 g/mol. The van der Waals surface area contributed by atoms with Crippen LogP contribution in [0.1, 0.15) is 30.0 Å². The van der Waals surface area contributed by atoms with E-state index < -0.39 is 31.6 Å². The van der Waals surface area contributed by atoms with Crippen molar-refractivity contribution in [1.82, 2.24) is 4.90 Å². The topological polar surface area (TPSA) is 99.6 Å². The zero-order valence-corrected chi connectivity index (χ0v) is 31.1. The van der Waals surface area contributed by atoms with E-state index in [9.17, 15) is 19.5 Å². The molecule has 4 atom stereocenters. The van der Waals surface area contributed by atoms with Gasteiger partial charge in [-0.2, -0.15) is 0 Å². The summed E-state index contributed by atoms with van der Waals surface area (Å²) in [6.45, 7) is 5.23. The number of hydrogen-bond donors (Lipinski definition) is 1. The first-order chi connectivity index (χ1) is 24.9. The first-order valence-corrected chi connectivity index (χ1v) is 20.8. The average Bonchev–Trinajstić information content (AvgIpc) is 3.54. The van der Waals surface area contributed by atoms with E-state index in [-0.39, 0.29) is 57.0 Å². The predicted molar refractivity (Wildman–Crippen MR) is 200 cm³/mol. The fourth-order valence-electron chi connectivity index (χ4n) is 8.26. The molecule has 0 saturated carbocycles. The smallest absolute Gasteiger partial charge is 0.269 e. The number of aliphatic hydroxyl groups is 1. The molecular formula is C40H41ClFN3O6Si. The van der Waals surface area contributed by atoms with Gasteiger partial charge in [-0.3, -0.25) is 19.3 Å². The van der Waals surface area contributed by atoms with Gasteiger partial charge in [-0.05, 0) is 66.7 Å². The molecule has 0 radical (unpaired) electrons. The third kappa shape index (κ3) is 6.40. The standard InChI is InChI=1S/C40H41ClFN3O6Si/c1-26-38(52(2,3)42)35(22-36(47)43(18-19-46)23-27-10-5-4-6-11-27)51-40(26)31-21-29(41)16-17-32(31)44(39(40)49)24-28-12-9-13-30(20-28)45-33-14-7-8-15-34(33)50-25-37(45)48/h4-17,20-21,26,35,38,46H,18-19,22-25H2,1-3H3/t26-,35+,38-,40+/m0/s1. The third-order valence-electron chi connectivity index (χ3n) is 10.5. The molecule has 1 fully saturated rings. The van der Waals surface area contributed by atoms with Crippen LogP contribution in [0.25, 0.3) is 0 Å². The van der Waals surface area contributed by atoms with Crippen molar-refractivity contribution in [3.8, 4) is 5.75 Å². The van der Waals surface area contributed by atoms with Crippen molar-refractivity contribution in [3.63, 3.8) is 0 Å². The highest BCUT2D eigenvalue weighted by molar-refractivity contribution is 6.72. The Bertz CT molecular complexity index is 2010. The summed E-state index contributed by atoms with van der Waals surface area (Å²) >= 11 is 6.57. The minimum Gasteiger partial charge on any atom is -0.482 e. The average molecular weight is 742 g/mol. The predicted octanol–water partition coefficient (Wildman–Crippen LogP) is 7.13. The summed E-state index contributed by atoms with van der Waals surface area (Å²) in [5.41, 5.74) is 1.78. The monoisotopic (exact) mass is 741 g/mol. The van der Waals surface area contributed by atoms with Gasteiger partial charge >= 0.3 is 0 Å². The Morgan fingerprint density at radius 2 is 1.71 bits per heavy atom. The van der Waals surface area contributed by atoms with Gasteiger partial charge in [-0.15, -0.1) is 0 Å². The molecule has 0 aromatic heterocycles. The van der Waals surface area contributed by atoms with Crippen LogP contribution in [0.5, 0.6) is 5.75 Å².